The number of aromatic carboxylic acids is 1. The molecule has 0 aliphatic carbocycles. The van der Waals surface area contributed by atoms with E-state index in [2.05, 4.69) is 26.8 Å². The highest BCUT2D eigenvalue weighted by molar-refractivity contribution is 5.83. The third kappa shape index (κ3) is 2.27. The highest BCUT2D eigenvalue weighted by Gasteiger charge is 2.16. The molecule has 0 amide bonds. The van der Waals surface area contributed by atoms with Gasteiger partial charge in [-0.05, 0) is 13.1 Å². The Morgan fingerprint density at radius 1 is 1.38 bits per heavy atom. The van der Waals surface area contributed by atoms with Gasteiger partial charge in [-0.2, -0.15) is 0 Å². The van der Waals surface area contributed by atoms with E-state index in [0.717, 1.165) is 26.2 Å². The summed E-state index contributed by atoms with van der Waals surface area (Å²) in [6.07, 6.45) is 1.49. The van der Waals surface area contributed by atoms with Gasteiger partial charge in [0.2, 0.25) is 5.82 Å². The van der Waals surface area contributed by atoms with E-state index in [9.17, 15) is 4.79 Å². The minimum atomic E-state index is -1.09. The maximum atomic E-state index is 10.7. The maximum Gasteiger partial charge on any atom is 0.374 e. The molecule has 1 N–H and O–H groups in total. The largest absolute Gasteiger partial charge is 0.475 e. The average Bonchev–Trinajstić information content (AvgIpc) is 2.30. The second-order valence-electron chi connectivity index (χ2n) is 3.83. The summed E-state index contributed by atoms with van der Waals surface area (Å²) < 4.78 is 0. The molecule has 1 aromatic heterocycles. The van der Waals surface area contributed by atoms with Crippen LogP contribution < -0.4 is 4.90 Å². The van der Waals surface area contributed by atoms with Gasteiger partial charge in [0.25, 0.3) is 0 Å². The zero-order valence-corrected chi connectivity index (χ0v) is 9.13. The van der Waals surface area contributed by atoms with E-state index in [-0.39, 0.29) is 5.82 Å². The van der Waals surface area contributed by atoms with Gasteiger partial charge in [0.05, 0.1) is 0 Å². The van der Waals surface area contributed by atoms with Crippen LogP contribution in [-0.2, 0) is 0 Å². The number of aromatic nitrogens is 2. The fourth-order valence-electron chi connectivity index (χ4n) is 1.66. The van der Waals surface area contributed by atoms with E-state index in [1.165, 1.54) is 6.20 Å². The highest BCUT2D eigenvalue weighted by Crippen LogP contribution is 2.12. The third-order valence-electron chi connectivity index (χ3n) is 2.66. The first-order chi connectivity index (χ1) is 7.66. The number of carbonyl (C=O) groups is 1. The summed E-state index contributed by atoms with van der Waals surface area (Å²) in [7, 11) is 2.07. The van der Waals surface area contributed by atoms with E-state index in [1.807, 2.05) is 0 Å². The van der Waals surface area contributed by atoms with Gasteiger partial charge in [-0.15, -0.1) is 0 Å². The molecule has 16 heavy (non-hydrogen) atoms. The molecular weight excluding hydrogens is 208 g/mol. The normalized spacial score (nSPS) is 17.4. The van der Waals surface area contributed by atoms with Crippen LogP contribution in [0.25, 0.3) is 0 Å². The van der Waals surface area contributed by atoms with Crippen LogP contribution in [0.5, 0.6) is 0 Å². The van der Waals surface area contributed by atoms with Crippen LogP contribution in [-0.4, -0.2) is 59.2 Å². The molecule has 1 saturated heterocycles. The fourth-order valence-corrected chi connectivity index (χ4v) is 1.66. The molecule has 86 valence electrons. The summed E-state index contributed by atoms with van der Waals surface area (Å²) in [4.78, 5) is 22.8. The molecule has 2 rings (SSSR count). The standard InChI is InChI=1S/C10H14N4O2/c1-13-4-6-14(7-5-13)8-2-3-11-9(12-8)10(15)16/h2-3H,4-7H2,1H3,(H,15,16). The molecule has 6 heteroatoms. The van der Waals surface area contributed by atoms with Crippen LogP contribution in [0.1, 0.15) is 10.6 Å². The van der Waals surface area contributed by atoms with Gasteiger partial charge in [-0.1, -0.05) is 0 Å². The average molecular weight is 222 g/mol. The van der Waals surface area contributed by atoms with Crippen LogP contribution in [0, 0.1) is 0 Å². The van der Waals surface area contributed by atoms with Crippen LogP contribution in [0.2, 0.25) is 0 Å². The first-order valence-corrected chi connectivity index (χ1v) is 5.16. The summed E-state index contributed by atoms with van der Waals surface area (Å²) in [5, 5.41) is 8.80. The summed E-state index contributed by atoms with van der Waals surface area (Å²) in [5.74, 6) is -0.534. The van der Waals surface area contributed by atoms with E-state index < -0.39 is 5.97 Å². The number of hydrogen-bond donors (Lipinski definition) is 1. The lowest BCUT2D eigenvalue weighted by molar-refractivity contribution is 0.0683. The summed E-state index contributed by atoms with van der Waals surface area (Å²) >= 11 is 0. The van der Waals surface area contributed by atoms with Crippen molar-refractivity contribution in [1.82, 2.24) is 14.9 Å². The Kier molecular flexibility index (Phi) is 3.00. The Bertz CT molecular complexity index is 388. The number of likely N-dealkylation sites (N-methyl/N-ethyl adjacent to an activating group) is 1. The Morgan fingerprint density at radius 3 is 2.69 bits per heavy atom. The molecule has 0 aromatic carbocycles. The molecule has 1 aliphatic rings. The quantitative estimate of drug-likeness (QED) is 0.755. The number of nitrogens with zero attached hydrogens (tertiary/aromatic N) is 4. The lowest BCUT2D eigenvalue weighted by Gasteiger charge is -2.33. The lowest BCUT2D eigenvalue weighted by atomic mass is 10.3. The van der Waals surface area contributed by atoms with Gasteiger partial charge < -0.3 is 14.9 Å². The topological polar surface area (TPSA) is 69.6 Å². The highest BCUT2D eigenvalue weighted by atomic mass is 16.4. The second kappa shape index (κ2) is 4.44. The molecule has 1 fully saturated rings. The van der Waals surface area contributed by atoms with E-state index in [0.29, 0.717) is 5.82 Å². The van der Waals surface area contributed by atoms with Gasteiger partial charge >= 0.3 is 5.97 Å². The predicted octanol–water partition coefficient (Wildman–Crippen LogP) is -0.0734. The van der Waals surface area contributed by atoms with Crippen LogP contribution in [0.3, 0.4) is 0 Å². The first kappa shape index (κ1) is 10.8. The van der Waals surface area contributed by atoms with Crippen LogP contribution in [0.15, 0.2) is 12.3 Å². The Balaban J connectivity index is 2.14. The lowest BCUT2D eigenvalue weighted by Crippen LogP contribution is -2.44. The van der Waals surface area contributed by atoms with Crippen LogP contribution in [0.4, 0.5) is 5.82 Å². The van der Waals surface area contributed by atoms with Gasteiger partial charge in [-0.3, -0.25) is 0 Å². The van der Waals surface area contributed by atoms with Crippen molar-refractivity contribution in [2.24, 2.45) is 0 Å². The van der Waals surface area contributed by atoms with Crippen LogP contribution >= 0.6 is 0 Å². The number of anilines is 1. The zero-order valence-electron chi connectivity index (χ0n) is 9.13. The van der Waals surface area contributed by atoms with Gasteiger partial charge in [0.15, 0.2) is 0 Å². The summed E-state index contributed by atoms with van der Waals surface area (Å²) in [5.41, 5.74) is 0. The maximum absolute atomic E-state index is 10.7. The van der Waals surface area contributed by atoms with Crippen molar-refractivity contribution < 1.29 is 9.90 Å². The fraction of sp³-hybridized carbons (Fsp3) is 0.500. The number of carboxylic acids is 1. The molecule has 0 bridgehead atoms. The van der Waals surface area contributed by atoms with Crippen molar-refractivity contribution in [3.05, 3.63) is 18.1 Å². The minimum Gasteiger partial charge on any atom is -0.475 e. The monoisotopic (exact) mass is 222 g/mol. The molecule has 1 aliphatic heterocycles. The Hall–Kier alpha value is -1.69. The number of rotatable bonds is 2. The van der Waals surface area contributed by atoms with Gasteiger partial charge in [-0.25, -0.2) is 14.8 Å². The van der Waals surface area contributed by atoms with Gasteiger partial charge in [0, 0.05) is 32.4 Å². The minimum absolute atomic E-state index is 0.142. The third-order valence-corrected chi connectivity index (χ3v) is 2.66. The second-order valence-corrected chi connectivity index (χ2v) is 3.83. The molecular formula is C10H14N4O2. The molecule has 0 spiro atoms. The van der Waals surface area contributed by atoms with Crippen molar-refractivity contribution in [1.29, 1.82) is 0 Å². The van der Waals surface area contributed by atoms with Crippen molar-refractivity contribution in [3.8, 4) is 0 Å². The number of piperazine rings is 1. The Morgan fingerprint density at radius 2 is 2.06 bits per heavy atom. The molecule has 1 aromatic rings. The van der Waals surface area contributed by atoms with Gasteiger partial charge in [0.1, 0.15) is 5.82 Å². The van der Waals surface area contributed by atoms with Crippen molar-refractivity contribution >= 4 is 11.8 Å². The molecule has 0 unspecified atom stereocenters. The molecule has 2 heterocycles. The Labute approximate surface area is 93.5 Å². The first-order valence-electron chi connectivity index (χ1n) is 5.16. The van der Waals surface area contributed by atoms with E-state index >= 15 is 0 Å². The van der Waals surface area contributed by atoms with E-state index in [1.54, 1.807) is 6.07 Å². The molecule has 6 nitrogen and oxygen atoms in total. The summed E-state index contributed by atoms with van der Waals surface area (Å²) in [6.45, 7) is 3.66. The molecule has 0 radical (unpaired) electrons. The smallest absolute Gasteiger partial charge is 0.374 e. The van der Waals surface area contributed by atoms with E-state index in [4.69, 9.17) is 5.11 Å². The molecule has 0 atom stereocenters. The predicted molar refractivity (Wildman–Crippen MR) is 58.7 cm³/mol. The number of carboxylic acid groups (broad SMARTS) is 1. The number of hydrogen-bond acceptors (Lipinski definition) is 5. The summed E-state index contributed by atoms with van der Waals surface area (Å²) in [6, 6.07) is 1.75. The van der Waals surface area contributed by atoms with Crippen molar-refractivity contribution in [3.63, 3.8) is 0 Å². The van der Waals surface area contributed by atoms with Crippen molar-refractivity contribution in [2.75, 3.05) is 38.1 Å². The van der Waals surface area contributed by atoms with Crippen molar-refractivity contribution in [2.45, 2.75) is 0 Å². The SMILES string of the molecule is CN1CCN(c2ccnc(C(=O)O)n2)CC1. The molecule has 0 saturated carbocycles. The zero-order chi connectivity index (χ0) is 11.5.